The second-order valence-electron chi connectivity index (χ2n) is 8.96. The number of aromatic nitrogens is 4. The maximum absolute atomic E-state index is 6.35. The smallest absolute Gasteiger partial charge is 0.141 e. The molecule has 2 aliphatic heterocycles. The maximum atomic E-state index is 6.35. The van der Waals surface area contributed by atoms with Gasteiger partial charge in [-0.1, -0.05) is 11.6 Å². The molecule has 0 spiro atoms. The van der Waals surface area contributed by atoms with E-state index in [1.165, 1.54) is 30.5 Å². The highest BCUT2D eigenvalue weighted by molar-refractivity contribution is 6.30. The number of pyridine rings is 1. The van der Waals surface area contributed by atoms with Gasteiger partial charge >= 0.3 is 0 Å². The molecule has 3 atom stereocenters. The standard InChI is InChI=1S/C22H25ClN6/c1-13-6-18-17(11-29(13)19-8-20(23)27-21-16(19)4-5-24-21)22(26-12-25-18)28-9-14-2-3-15(7-14)10-28/h4-5,8,12-15H,2-3,6-7,9-11H2,1H3,(H,24,27)/t13?,14-,15?/m0/s1. The third-order valence-corrected chi connectivity index (χ3v) is 7.25. The Morgan fingerprint density at radius 3 is 2.83 bits per heavy atom. The Balaban J connectivity index is 1.41. The highest BCUT2D eigenvalue weighted by atomic mass is 35.5. The zero-order valence-corrected chi connectivity index (χ0v) is 17.4. The third-order valence-electron chi connectivity index (χ3n) is 7.05. The van der Waals surface area contributed by atoms with Gasteiger partial charge in [0, 0.05) is 49.2 Å². The summed E-state index contributed by atoms with van der Waals surface area (Å²) in [4.78, 5) is 22.0. The van der Waals surface area contributed by atoms with Crippen LogP contribution >= 0.6 is 11.6 Å². The van der Waals surface area contributed by atoms with E-state index in [9.17, 15) is 0 Å². The topological polar surface area (TPSA) is 60.9 Å². The van der Waals surface area contributed by atoms with E-state index in [0.29, 0.717) is 11.2 Å². The Morgan fingerprint density at radius 2 is 2.00 bits per heavy atom. The number of piperidine rings is 1. The molecule has 3 aromatic heterocycles. The molecule has 3 aliphatic rings. The second kappa shape index (κ2) is 6.59. The van der Waals surface area contributed by atoms with Crippen molar-refractivity contribution in [3.05, 3.63) is 41.1 Å². The monoisotopic (exact) mass is 408 g/mol. The molecule has 1 aliphatic carbocycles. The number of halogens is 1. The van der Waals surface area contributed by atoms with E-state index in [1.807, 2.05) is 12.3 Å². The number of anilines is 2. The molecular weight excluding hydrogens is 384 g/mol. The van der Waals surface area contributed by atoms with Gasteiger partial charge in [-0.3, -0.25) is 0 Å². The minimum Gasteiger partial charge on any atom is -0.363 e. The SMILES string of the molecule is CC1Cc2ncnc(N3CC4CC[C@@H](C4)C3)c2CN1c1cc(Cl)nc2[nH]ccc12. The molecule has 0 radical (unpaired) electrons. The number of nitrogens with zero attached hydrogens (tertiary/aromatic N) is 5. The molecule has 2 fully saturated rings. The van der Waals surface area contributed by atoms with E-state index < -0.39 is 0 Å². The number of H-pyrrole nitrogens is 1. The molecule has 5 heterocycles. The van der Waals surface area contributed by atoms with Crippen molar-refractivity contribution < 1.29 is 0 Å². The number of hydrogen-bond donors (Lipinski definition) is 1. The van der Waals surface area contributed by atoms with E-state index in [1.54, 1.807) is 6.33 Å². The summed E-state index contributed by atoms with van der Waals surface area (Å²) in [7, 11) is 0. The van der Waals surface area contributed by atoms with Gasteiger partial charge in [-0.25, -0.2) is 15.0 Å². The van der Waals surface area contributed by atoms with Crippen LogP contribution in [0.5, 0.6) is 0 Å². The van der Waals surface area contributed by atoms with Crippen molar-refractivity contribution in [1.82, 2.24) is 19.9 Å². The minimum absolute atomic E-state index is 0.333. The molecule has 29 heavy (non-hydrogen) atoms. The van der Waals surface area contributed by atoms with Crippen molar-refractivity contribution in [2.75, 3.05) is 22.9 Å². The Hall–Kier alpha value is -2.34. The van der Waals surface area contributed by atoms with Gasteiger partial charge in [-0.15, -0.1) is 0 Å². The highest BCUT2D eigenvalue weighted by Crippen LogP contribution is 2.41. The molecule has 6 rings (SSSR count). The normalized spacial score (nSPS) is 26.2. The summed E-state index contributed by atoms with van der Waals surface area (Å²) in [6.45, 7) is 5.34. The van der Waals surface area contributed by atoms with E-state index in [2.05, 4.69) is 37.7 Å². The number of nitrogens with one attached hydrogen (secondary N) is 1. The largest absolute Gasteiger partial charge is 0.363 e. The fraction of sp³-hybridized carbons (Fsp3) is 0.500. The van der Waals surface area contributed by atoms with Crippen LogP contribution in [0, 0.1) is 11.8 Å². The molecule has 3 aromatic rings. The van der Waals surface area contributed by atoms with Crippen LogP contribution < -0.4 is 9.80 Å². The van der Waals surface area contributed by atoms with Crippen LogP contribution in [0.3, 0.4) is 0 Å². The molecule has 7 heteroatoms. The first kappa shape index (κ1) is 17.5. The van der Waals surface area contributed by atoms with Gasteiger partial charge in [0.1, 0.15) is 22.9 Å². The lowest BCUT2D eigenvalue weighted by atomic mass is 9.95. The van der Waals surface area contributed by atoms with Gasteiger partial charge in [0.2, 0.25) is 0 Å². The van der Waals surface area contributed by atoms with Gasteiger partial charge in [-0.2, -0.15) is 0 Å². The summed E-state index contributed by atoms with van der Waals surface area (Å²) in [5.74, 6) is 2.81. The molecule has 0 amide bonds. The zero-order chi connectivity index (χ0) is 19.5. The van der Waals surface area contributed by atoms with Crippen molar-refractivity contribution in [1.29, 1.82) is 0 Å². The Labute approximate surface area is 175 Å². The number of fused-ring (bicyclic) bond motifs is 4. The first-order valence-electron chi connectivity index (χ1n) is 10.6. The number of rotatable bonds is 2. The predicted molar refractivity (Wildman–Crippen MR) is 116 cm³/mol. The summed E-state index contributed by atoms with van der Waals surface area (Å²) >= 11 is 6.35. The highest BCUT2D eigenvalue weighted by Gasteiger charge is 2.36. The van der Waals surface area contributed by atoms with E-state index in [0.717, 1.165) is 60.4 Å². The van der Waals surface area contributed by atoms with Crippen molar-refractivity contribution in [2.45, 2.75) is 45.2 Å². The average molecular weight is 409 g/mol. The Bertz CT molecular complexity index is 1070. The number of hydrogen-bond acceptors (Lipinski definition) is 5. The first-order chi connectivity index (χ1) is 14.2. The molecule has 1 saturated carbocycles. The van der Waals surface area contributed by atoms with Crippen molar-refractivity contribution in [2.24, 2.45) is 11.8 Å². The second-order valence-corrected chi connectivity index (χ2v) is 9.34. The first-order valence-corrected chi connectivity index (χ1v) is 11.0. The van der Waals surface area contributed by atoms with Crippen molar-refractivity contribution >= 4 is 34.1 Å². The maximum Gasteiger partial charge on any atom is 0.141 e. The van der Waals surface area contributed by atoms with Crippen molar-refractivity contribution in [3.8, 4) is 0 Å². The van der Waals surface area contributed by atoms with Crippen LogP contribution in [0.4, 0.5) is 11.5 Å². The fourth-order valence-corrected chi connectivity index (χ4v) is 5.88. The predicted octanol–water partition coefficient (Wildman–Crippen LogP) is 4.19. The van der Waals surface area contributed by atoms with E-state index >= 15 is 0 Å². The molecular formula is C22H25ClN6. The van der Waals surface area contributed by atoms with Crippen molar-refractivity contribution in [3.63, 3.8) is 0 Å². The Morgan fingerprint density at radius 1 is 1.17 bits per heavy atom. The van der Waals surface area contributed by atoms with Gasteiger partial charge in [0.15, 0.2) is 0 Å². The van der Waals surface area contributed by atoms with Crippen LogP contribution in [-0.4, -0.2) is 39.1 Å². The van der Waals surface area contributed by atoms with Gasteiger partial charge in [-0.05, 0) is 50.2 Å². The van der Waals surface area contributed by atoms with Crippen LogP contribution in [0.1, 0.15) is 37.4 Å². The lowest BCUT2D eigenvalue weighted by Crippen LogP contribution is -2.42. The molecule has 2 unspecified atom stereocenters. The van der Waals surface area contributed by atoms with Gasteiger partial charge < -0.3 is 14.8 Å². The van der Waals surface area contributed by atoms with Crippen LogP contribution in [0.2, 0.25) is 5.15 Å². The van der Waals surface area contributed by atoms with Crippen LogP contribution in [0.15, 0.2) is 24.7 Å². The van der Waals surface area contributed by atoms with E-state index in [-0.39, 0.29) is 0 Å². The summed E-state index contributed by atoms with van der Waals surface area (Å²) < 4.78 is 0. The lowest BCUT2D eigenvalue weighted by Gasteiger charge is -2.40. The third kappa shape index (κ3) is 2.88. The van der Waals surface area contributed by atoms with Gasteiger partial charge in [0.05, 0.1) is 11.4 Å². The molecule has 150 valence electrons. The molecule has 1 N–H and O–H groups in total. The molecule has 6 nitrogen and oxygen atoms in total. The summed E-state index contributed by atoms with van der Waals surface area (Å²) in [5.41, 5.74) is 4.45. The molecule has 0 aromatic carbocycles. The fourth-order valence-electron chi connectivity index (χ4n) is 5.70. The number of aromatic amines is 1. The summed E-state index contributed by atoms with van der Waals surface area (Å²) in [5, 5.41) is 1.63. The molecule has 2 bridgehead atoms. The van der Waals surface area contributed by atoms with E-state index in [4.69, 9.17) is 16.6 Å². The zero-order valence-electron chi connectivity index (χ0n) is 16.6. The Kier molecular flexibility index (Phi) is 3.98. The summed E-state index contributed by atoms with van der Waals surface area (Å²) in [6, 6.07) is 4.41. The molecule has 1 saturated heterocycles. The van der Waals surface area contributed by atoms with Gasteiger partial charge in [0.25, 0.3) is 0 Å². The van der Waals surface area contributed by atoms with Crippen LogP contribution in [0.25, 0.3) is 11.0 Å². The minimum atomic E-state index is 0.333. The quantitative estimate of drug-likeness (QED) is 0.644. The lowest BCUT2D eigenvalue weighted by molar-refractivity contribution is 0.417. The summed E-state index contributed by atoms with van der Waals surface area (Å²) in [6.07, 6.45) is 8.75. The van der Waals surface area contributed by atoms with Crippen LogP contribution in [-0.2, 0) is 13.0 Å². The average Bonchev–Trinajstić information content (AvgIpc) is 3.32.